The van der Waals surface area contributed by atoms with Crippen molar-refractivity contribution in [3.63, 3.8) is 0 Å². The van der Waals surface area contributed by atoms with Crippen molar-refractivity contribution in [1.82, 2.24) is 9.78 Å². The fourth-order valence-corrected chi connectivity index (χ4v) is 1.10. The zero-order chi connectivity index (χ0) is 9.30. The highest BCUT2D eigenvalue weighted by molar-refractivity contribution is 6.61. The predicted octanol–water partition coefficient (Wildman–Crippen LogP) is 2.12. The lowest BCUT2D eigenvalue weighted by Gasteiger charge is -1.96. The van der Waals surface area contributed by atoms with Crippen molar-refractivity contribution in [2.45, 2.75) is 6.92 Å². The SMILES string of the molecule is Cc1nn(C)c(Cl)c1OC(=O)Cl. The van der Waals surface area contributed by atoms with E-state index < -0.39 is 5.43 Å². The molecule has 0 atom stereocenters. The molecule has 1 aromatic rings. The van der Waals surface area contributed by atoms with Crippen molar-refractivity contribution in [3.8, 4) is 5.75 Å². The molecule has 0 aliphatic rings. The van der Waals surface area contributed by atoms with Gasteiger partial charge in [0.25, 0.3) is 0 Å². The van der Waals surface area contributed by atoms with Gasteiger partial charge in [0.05, 0.1) is 0 Å². The van der Waals surface area contributed by atoms with Crippen LogP contribution in [-0.4, -0.2) is 15.2 Å². The lowest BCUT2D eigenvalue weighted by atomic mass is 10.4. The highest BCUT2D eigenvalue weighted by atomic mass is 35.5. The summed E-state index contributed by atoms with van der Waals surface area (Å²) in [4.78, 5) is 10.4. The predicted molar refractivity (Wildman–Crippen MR) is 44.8 cm³/mol. The standard InChI is InChI=1S/C6H6Cl2N2O2/c1-3-4(12-6(8)11)5(7)10(2)9-3/h1-2H3. The van der Waals surface area contributed by atoms with Crippen molar-refractivity contribution in [2.75, 3.05) is 0 Å². The summed E-state index contributed by atoms with van der Waals surface area (Å²) in [6.07, 6.45) is 0. The van der Waals surface area contributed by atoms with Crippen LogP contribution >= 0.6 is 23.2 Å². The summed E-state index contributed by atoms with van der Waals surface area (Å²) in [5.74, 6) is 0.208. The van der Waals surface area contributed by atoms with E-state index in [1.165, 1.54) is 4.68 Å². The van der Waals surface area contributed by atoms with E-state index in [4.69, 9.17) is 23.2 Å². The van der Waals surface area contributed by atoms with Gasteiger partial charge < -0.3 is 4.74 Å². The number of carbonyl (C=O) groups excluding carboxylic acids is 1. The summed E-state index contributed by atoms with van der Waals surface area (Å²) in [6, 6.07) is 0. The van der Waals surface area contributed by atoms with Crippen LogP contribution in [-0.2, 0) is 7.05 Å². The molecule has 0 N–H and O–H groups in total. The minimum absolute atomic E-state index is 0.208. The summed E-state index contributed by atoms with van der Waals surface area (Å²) in [7, 11) is 1.64. The Bertz CT molecular complexity index is 322. The van der Waals surface area contributed by atoms with Crippen molar-refractivity contribution in [1.29, 1.82) is 0 Å². The van der Waals surface area contributed by atoms with Crippen molar-refractivity contribution >= 4 is 28.6 Å². The fourth-order valence-electron chi connectivity index (χ4n) is 0.807. The lowest BCUT2D eigenvalue weighted by molar-refractivity contribution is 0.225. The first kappa shape index (κ1) is 9.35. The Kier molecular flexibility index (Phi) is 2.59. The summed E-state index contributed by atoms with van der Waals surface area (Å²) < 4.78 is 6.00. The highest BCUT2D eigenvalue weighted by Gasteiger charge is 2.14. The van der Waals surface area contributed by atoms with Crippen LogP contribution in [0.3, 0.4) is 0 Å². The number of hydrogen-bond donors (Lipinski definition) is 0. The van der Waals surface area contributed by atoms with Crippen LogP contribution in [0.15, 0.2) is 0 Å². The second kappa shape index (κ2) is 3.33. The third-order valence-corrected chi connectivity index (χ3v) is 1.78. The molecule has 6 heteroatoms. The largest absolute Gasteiger partial charge is 0.409 e. The van der Waals surface area contributed by atoms with Crippen LogP contribution in [0, 0.1) is 6.92 Å². The molecule has 0 saturated heterocycles. The Morgan fingerprint density at radius 2 is 2.25 bits per heavy atom. The van der Waals surface area contributed by atoms with Crippen LogP contribution < -0.4 is 4.74 Å². The van der Waals surface area contributed by atoms with E-state index >= 15 is 0 Å². The Morgan fingerprint density at radius 3 is 2.58 bits per heavy atom. The number of hydrogen-bond acceptors (Lipinski definition) is 3. The molecule has 0 unspecified atom stereocenters. The van der Waals surface area contributed by atoms with E-state index in [9.17, 15) is 4.79 Å². The molecule has 1 heterocycles. The Labute approximate surface area is 79.0 Å². The minimum atomic E-state index is -0.923. The van der Waals surface area contributed by atoms with Crippen LogP contribution in [0.1, 0.15) is 5.69 Å². The maximum Gasteiger partial charge on any atom is 0.409 e. The van der Waals surface area contributed by atoms with Crippen molar-refractivity contribution < 1.29 is 9.53 Å². The molecule has 0 amide bonds. The summed E-state index contributed by atoms with van der Waals surface area (Å²) in [5.41, 5.74) is -0.399. The molecule has 1 rings (SSSR count). The number of aryl methyl sites for hydroxylation is 2. The molecule has 66 valence electrons. The van der Waals surface area contributed by atoms with Crippen molar-refractivity contribution in [3.05, 3.63) is 10.8 Å². The van der Waals surface area contributed by atoms with Gasteiger partial charge in [0.1, 0.15) is 5.69 Å². The summed E-state index contributed by atoms with van der Waals surface area (Å²) in [5, 5.41) is 4.16. The van der Waals surface area contributed by atoms with Crippen LogP contribution in [0.5, 0.6) is 5.75 Å². The second-order valence-corrected chi connectivity index (χ2v) is 2.84. The van der Waals surface area contributed by atoms with E-state index in [0.717, 1.165) is 0 Å². The van der Waals surface area contributed by atoms with Gasteiger partial charge in [-0.1, -0.05) is 11.6 Å². The molecular weight excluding hydrogens is 203 g/mol. The molecule has 12 heavy (non-hydrogen) atoms. The number of carbonyl (C=O) groups is 1. The summed E-state index contributed by atoms with van der Waals surface area (Å²) in [6.45, 7) is 1.67. The maximum atomic E-state index is 10.4. The summed E-state index contributed by atoms with van der Waals surface area (Å²) >= 11 is 10.7. The number of ether oxygens (including phenoxy) is 1. The molecule has 0 saturated carbocycles. The van der Waals surface area contributed by atoms with Gasteiger partial charge in [-0.05, 0) is 6.92 Å². The number of nitrogens with zero attached hydrogens (tertiary/aromatic N) is 2. The molecule has 4 nitrogen and oxygen atoms in total. The average molecular weight is 209 g/mol. The third kappa shape index (κ3) is 1.70. The van der Waals surface area contributed by atoms with Crippen LogP contribution in [0.2, 0.25) is 5.15 Å². The number of rotatable bonds is 1. The molecule has 1 aromatic heterocycles. The maximum absolute atomic E-state index is 10.4. The Hall–Kier alpha value is -0.740. The molecule has 0 fully saturated rings. The van der Waals surface area contributed by atoms with Gasteiger partial charge in [0.15, 0.2) is 10.9 Å². The van der Waals surface area contributed by atoms with Gasteiger partial charge in [-0.15, -0.1) is 0 Å². The fraction of sp³-hybridized carbons (Fsp3) is 0.333. The van der Waals surface area contributed by atoms with Gasteiger partial charge in [-0.25, -0.2) is 4.79 Å². The average Bonchev–Trinajstić information content (AvgIpc) is 2.16. The van der Waals surface area contributed by atoms with Crippen molar-refractivity contribution in [2.24, 2.45) is 7.05 Å². The Morgan fingerprint density at radius 1 is 1.67 bits per heavy atom. The first-order valence-electron chi connectivity index (χ1n) is 3.08. The Balaban J connectivity index is 3.05. The van der Waals surface area contributed by atoms with E-state index in [2.05, 4.69) is 9.84 Å². The highest BCUT2D eigenvalue weighted by Crippen LogP contribution is 2.27. The molecular formula is C6H6Cl2N2O2. The molecule has 0 radical (unpaired) electrons. The first-order chi connectivity index (χ1) is 5.52. The van der Waals surface area contributed by atoms with Gasteiger partial charge >= 0.3 is 5.43 Å². The number of halogens is 2. The van der Waals surface area contributed by atoms with E-state index in [1.807, 2.05) is 0 Å². The molecule has 0 bridgehead atoms. The molecule has 0 aromatic carbocycles. The van der Waals surface area contributed by atoms with E-state index in [-0.39, 0.29) is 10.9 Å². The first-order valence-corrected chi connectivity index (χ1v) is 3.84. The quantitative estimate of drug-likeness (QED) is 0.665. The second-order valence-electron chi connectivity index (χ2n) is 2.17. The zero-order valence-corrected chi connectivity index (χ0v) is 7.98. The van der Waals surface area contributed by atoms with E-state index in [1.54, 1.807) is 14.0 Å². The molecule has 0 spiro atoms. The van der Waals surface area contributed by atoms with Gasteiger partial charge in [0.2, 0.25) is 0 Å². The topological polar surface area (TPSA) is 44.1 Å². The van der Waals surface area contributed by atoms with Gasteiger partial charge in [-0.2, -0.15) is 5.10 Å². The van der Waals surface area contributed by atoms with Gasteiger partial charge in [-0.3, -0.25) is 4.68 Å². The normalized spacial score (nSPS) is 10.0. The third-order valence-electron chi connectivity index (χ3n) is 1.28. The number of aromatic nitrogens is 2. The molecule has 0 aliphatic carbocycles. The molecule has 0 aliphatic heterocycles. The monoisotopic (exact) mass is 208 g/mol. The zero-order valence-electron chi connectivity index (χ0n) is 6.47. The van der Waals surface area contributed by atoms with Gasteiger partial charge in [0, 0.05) is 18.6 Å². The minimum Gasteiger partial charge on any atom is -0.409 e. The van der Waals surface area contributed by atoms with Crippen LogP contribution in [0.4, 0.5) is 4.79 Å². The lowest BCUT2D eigenvalue weighted by Crippen LogP contribution is -1.97. The van der Waals surface area contributed by atoms with Crippen LogP contribution in [0.25, 0.3) is 0 Å². The van der Waals surface area contributed by atoms with E-state index in [0.29, 0.717) is 5.69 Å². The smallest absolute Gasteiger partial charge is 0.409 e.